The van der Waals surface area contributed by atoms with E-state index in [1.807, 2.05) is 0 Å². The van der Waals surface area contributed by atoms with E-state index in [-0.39, 0.29) is 5.41 Å². The number of imidazole rings is 1. The Morgan fingerprint density at radius 1 is 1.33 bits per heavy atom. The highest BCUT2D eigenvalue weighted by atomic mass is 15.2. The van der Waals surface area contributed by atoms with Gasteiger partial charge in [0.2, 0.25) is 0 Å². The van der Waals surface area contributed by atoms with E-state index in [9.17, 15) is 0 Å². The molecule has 0 radical (unpaired) electrons. The van der Waals surface area contributed by atoms with Crippen molar-refractivity contribution in [3.63, 3.8) is 0 Å². The lowest BCUT2D eigenvalue weighted by molar-refractivity contribution is 0.223. The zero-order chi connectivity index (χ0) is 11.1. The van der Waals surface area contributed by atoms with Gasteiger partial charge in [0, 0.05) is 30.4 Å². The van der Waals surface area contributed by atoms with Gasteiger partial charge in [0.25, 0.3) is 0 Å². The molecule has 2 rings (SSSR count). The first-order valence-corrected chi connectivity index (χ1v) is 5.79. The molecule has 2 heterocycles. The zero-order valence-corrected chi connectivity index (χ0v) is 10.2. The largest absolute Gasteiger partial charge is 0.329 e. The lowest BCUT2D eigenvalue weighted by atomic mass is 9.92. The van der Waals surface area contributed by atoms with Crippen molar-refractivity contribution < 1.29 is 0 Å². The molecule has 84 valence electrons. The van der Waals surface area contributed by atoms with Gasteiger partial charge in [-0.2, -0.15) is 0 Å². The summed E-state index contributed by atoms with van der Waals surface area (Å²) in [4.78, 5) is 6.98. The Morgan fingerprint density at radius 2 is 2.07 bits per heavy atom. The lowest BCUT2D eigenvalue weighted by Gasteiger charge is -2.29. The van der Waals surface area contributed by atoms with Crippen molar-refractivity contribution in [2.45, 2.75) is 46.2 Å². The van der Waals surface area contributed by atoms with Crippen molar-refractivity contribution >= 4 is 0 Å². The SMILES string of the molecule is CCN1CCn2c(C(C)(C)C)cnc2C1. The molecule has 1 aliphatic heterocycles. The first-order valence-electron chi connectivity index (χ1n) is 5.79. The maximum atomic E-state index is 4.54. The van der Waals surface area contributed by atoms with E-state index in [1.165, 1.54) is 11.5 Å². The van der Waals surface area contributed by atoms with E-state index in [4.69, 9.17) is 0 Å². The van der Waals surface area contributed by atoms with Crippen molar-refractivity contribution in [2.24, 2.45) is 0 Å². The Morgan fingerprint density at radius 3 is 2.67 bits per heavy atom. The number of likely N-dealkylation sites (N-methyl/N-ethyl adjacent to an activating group) is 1. The van der Waals surface area contributed by atoms with Gasteiger partial charge >= 0.3 is 0 Å². The summed E-state index contributed by atoms with van der Waals surface area (Å²) in [7, 11) is 0. The number of rotatable bonds is 1. The highest BCUT2D eigenvalue weighted by Crippen LogP contribution is 2.25. The maximum Gasteiger partial charge on any atom is 0.123 e. The first-order chi connectivity index (χ1) is 7.02. The molecule has 1 aromatic rings. The molecule has 3 nitrogen and oxygen atoms in total. The van der Waals surface area contributed by atoms with Gasteiger partial charge in [-0.1, -0.05) is 27.7 Å². The first kappa shape index (κ1) is 10.7. The van der Waals surface area contributed by atoms with E-state index in [2.05, 4.69) is 48.3 Å². The van der Waals surface area contributed by atoms with Crippen LogP contribution in [-0.2, 0) is 18.5 Å². The van der Waals surface area contributed by atoms with Crippen molar-refractivity contribution in [2.75, 3.05) is 13.1 Å². The third-order valence-electron chi connectivity index (χ3n) is 3.16. The number of aromatic nitrogens is 2. The molecule has 3 heteroatoms. The standard InChI is InChI=1S/C12H21N3/c1-5-14-6-7-15-10(12(2,3)4)8-13-11(15)9-14/h8H,5-7,9H2,1-4H3. The van der Waals surface area contributed by atoms with E-state index in [1.54, 1.807) is 0 Å². The molecule has 0 aromatic carbocycles. The molecule has 1 aliphatic rings. The molecular weight excluding hydrogens is 186 g/mol. The second-order valence-electron chi connectivity index (χ2n) is 5.33. The lowest BCUT2D eigenvalue weighted by Crippen LogP contribution is -2.35. The summed E-state index contributed by atoms with van der Waals surface area (Å²) in [6.07, 6.45) is 2.05. The van der Waals surface area contributed by atoms with Crippen LogP contribution < -0.4 is 0 Å². The topological polar surface area (TPSA) is 21.1 Å². The summed E-state index contributed by atoms with van der Waals surface area (Å²) in [5.41, 5.74) is 1.58. The normalized spacial score (nSPS) is 17.9. The van der Waals surface area contributed by atoms with Crippen LogP contribution in [0.2, 0.25) is 0 Å². The summed E-state index contributed by atoms with van der Waals surface area (Å²) in [6, 6.07) is 0. The van der Waals surface area contributed by atoms with Gasteiger partial charge in [0.15, 0.2) is 0 Å². The van der Waals surface area contributed by atoms with Crippen LogP contribution in [0.15, 0.2) is 6.20 Å². The molecule has 0 fully saturated rings. The number of fused-ring (bicyclic) bond motifs is 1. The summed E-state index contributed by atoms with van der Waals surface area (Å²) in [5.74, 6) is 1.23. The van der Waals surface area contributed by atoms with Crippen molar-refractivity contribution in [1.29, 1.82) is 0 Å². The highest BCUT2D eigenvalue weighted by Gasteiger charge is 2.24. The molecule has 0 amide bonds. The van der Waals surface area contributed by atoms with Crippen molar-refractivity contribution in [3.8, 4) is 0 Å². The predicted octanol–water partition coefficient (Wildman–Crippen LogP) is 2.02. The quantitative estimate of drug-likeness (QED) is 0.702. The van der Waals surface area contributed by atoms with Crippen LogP contribution in [0, 0.1) is 0 Å². The minimum atomic E-state index is 0.208. The van der Waals surface area contributed by atoms with E-state index in [0.717, 1.165) is 26.2 Å². The van der Waals surface area contributed by atoms with Crippen molar-refractivity contribution in [1.82, 2.24) is 14.5 Å². The van der Waals surface area contributed by atoms with E-state index >= 15 is 0 Å². The molecule has 0 aliphatic carbocycles. The Kier molecular flexibility index (Phi) is 2.59. The van der Waals surface area contributed by atoms with Crippen LogP contribution in [-0.4, -0.2) is 27.5 Å². The fraction of sp³-hybridized carbons (Fsp3) is 0.750. The zero-order valence-electron chi connectivity index (χ0n) is 10.2. The third-order valence-corrected chi connectivity index (χ3v) is 3.16. The molecule has 0 bridgehead atoms. The monoisotopic (exact) mass is 207 g/mol. The average Bonchev–Trinajstić information content (AvgIpc) is 2.59. The second-order valence-corrected chi connectivity index (χ2v) is 5.33. The molecule has 0 atom stereocenters. The molecule has 15 heavy (non-hydrogen) atoms. The number of hydrogen-bond donors (Lipinski definition) is 0. The minimum Gasteiger partial charge on any atom is -0.329 e. The minimum absolute atomic E-state index is 0.208. The molecular formula is C12H21N3. The van der Waals surface area contributed by atoms with Gasteiger partial charge in [-0.15, -0.1) is 0 Å². The van der Waals surface area contributed by atoms with Crippen LogP contribution in [0.25, 0.3) is 0 Å². The Bertz CT molecular complexity index is 346. The van der Waals surface area contributed by atoms with Crippen LogP contribution >= 0.6 is 0 Å². The summed E-state index contributed by atoms with van der Waals surface area (Å²) in [6.45, 7) is 13.3. The fourth-order valence-electron chi connectivity index (χ4n) is 2.18. The summed E-state index contributed by atoms with van der Waals surface area (Å²) < 4.78 is 2.40. The van der Waals surface area contributed by atoms with Gasteiger partial charge in [-0.05, 0) is 6.54 Å². The number of hydrogen-bond acceptors (Lipinski definition) is 2. The van der Waals surface area contributed by atoms with Gasteiger partial charge in [-0.3, -0.25) is 4.90 Å². The van der Waals surface area contributed by atoms with E-state index in [0.29, 0.717) is 0 Å². The molecule has 0 saturated heterocycles. The van der Waals surface area contributed by atoms with Crippen LogP contribution in [0.5, 0.6) is 0 Å². The fourth-order valence-corrected chi connectivity index (χ4v) is 2.18. The molecule has 1 aromatic heterocycles. The molecule has 0 unspecified atom stereocenters. The predicted molar refractivity (Wildman–Crippen MR) is 61.9 cm³/mol. The molecule has 0 N–H and O–H groups in total. The summed E-state index contributed by atoms with van der Waals surface area (Å²) >= 11 is 0. The average molecular weight is 207 g/mol. The maximum absolute atomic E-state index is 4.54. The smallest absolute Gasteiger partial charge is 0.123 e. The van der Waals surface area contributed by atoms with E-state index < -0.39 is 0 Å². The highest BCUT2D eigenvalue weighted by molar-refractivity contribution is 5.15. The Balaban J connectivity index is 2.30. The van der Waals surface area contributed by atoms with Gasteiger partial charge in [-0.25, -0.2) is 4.98 Å². The third kappa shape index (κ3) is 1.93. The van der Waals surface area contributed by atoms with Crippen molar-refractivity contribution in [3.05, 3.63) is 17.7 Å². The Labute approximate surface area is 92.1 Å². The van der Waals surface area contributed by atoms with Crippen LogP contribution in [0.4, 0.5) is 0 Å². The van der Waals surface area contributed by atoms with Gasteiger partial charge < -0.3 is 4.57 Å². The molecule has 0 saturated carbocycles. The molecule has 0 spiro atoms. The second kappa shape index (κ2) is 3.63. The Hall–Kier alpha value is -0.830. The van der Waals surface area contributed by atoms with Gasteiger partial charge in [0.1, 0.15) is 5.82 Å². The van der Waals surface area contributed by atoms with Crippen LogP contribution in [0.1, 0.15) is 39.2 Å². The van der Waals surface area contributed by atoms with Crippen LogP contribution in [0.3, 0.4) is 0 Å². The summed E-state index contributed by atoms with van der Waals surface area (Å²) in [5, 5.41) is 0. The van der Waals surface area contributed by atoms with Gasteiger partial charge in [0.05, 0.1) is 6.54 Å². The number of nitrogens with zero attached hydrogens (tertiary/aromatic N) is 3.